The van der Waals surface area contributed by atoms with Crippen molar-refractivity contribution in [3.8, 4) is 0 Å². The van der Waals surface area contributed by atoms with Crippen LogP contribution in [0.15, 0.2) is 90.9 Å². The van der Waals surface area contributed by atoms with Crippen LogP contribution in [0.25, 0.3) is 5.57 Å². The van der Waals surface area contributed by atoms with Gasteiger partial charge in [-0.25, -0.2) is 13.2 Å². The standard InChI is InChI=1S/C27H29F3/c1-18(2)17-25(28)21(5)20(4)13-11-19(3)12-14-23-15-16-24(27(30)26(23)29)22-9-7-6-8-10-22/h9,11,13,15-17H,1,3-8,10,12,14H2,2H3/b13-11-,25-17+. The lowest BCUT2D eigenvalue weighted by molar-refractivity contribution is 0.495. The highest BCUT2D eigenvalue weighted by atomic mass is 19.2. The second-order valence-electron chi connectivity index (χ2n) is 7.71. The Hall–Kier alpha value is -2.81. The van der Waals surface area contributed by atoms with Crippen LogP contribution in [0.2, 0.25) is 0 Å². The molecule has 3 heteroatoms. The van der Waals surface area contributed by atoms with Crippen LogP contribution in [-0.4, -0.2) is 0 Å². The molecule has 0 radical (unpaired) electrons. The number of hydrogen-bond donors (Lipinski definition) is 0. The van der Waals surface area contributed by atoms with Crippen LogP contribution in [-0.2, 0) is 6.42 Å². The second kappa shape index (κ2) is 10.8. The van der Waals surface area contributed by atoms with Gasteiger partial charge < -0.3 is 0 Å². The van der Waals surface area contributed by atoms with Crippen LogP contribution >= 0.6 is 0 Å². The van der Waals surface area contributed by atoms with E-state index in [0.717, 1.165) is 31.3 Å². The van der Waals surface area contributed by atoms with Crippen LogP contribution in [0.5, 0.6) is 0 Å². The third-order valence-electron chi connectivity index (χ3n) is 5.08. The van der Waals surface area contributed by atoms with Gasteiger partial charge in [-0.1, -0.05) is 67.8 Å². The van der Waals surface area contributed by atoms with Gasteiger partial charge in [0.15, 0.2) is 11.6 Å². The highest BCUT2D eigenvalue weighted by molar-refractivity contribution is 5.67. The van der Waals surface area contributed by atoms with E-state index in [1.165, 1.54) is 6.08 Å². The van der Waals surface area contributed by atoms with Crippen LogP contribution in [0, 0.1) is 11.6 Å². The molecule has 0 aromatic heterocycles. The second-order valence-corrected chi connectivity index (χ2v) is 7.71. The van der Waals surface area contributed by atoms with E-state index < -0.39 is 17.5 Å². The molecular formula is C27H29F3. The summed E-state index contributed by atoms with van der Waals surface area (Å²) in [6, 6.07) is 3.32. The molecule has 0 unspecified atom stereocenters. The van der Waals surface area contributed by atoms with Gasteiger partial charge in [-0.3, -0.25) is 0 Å². The summed E-state index contributed by atoms with van der Waals surface area (Å²) in [4.78, 5) is 0. The first-order valence-electron chi connectivity index (χ1n) is 10.1. The molecule has 0 fully saturated rings. The van der Waals surface area contributed by atoms with E-state index in [9.17, 15) is 13.2 Å². The quantitative estimate of drug-likeness (QED) is 0.358. The third-order valence-corrected chi connectivity index (χ3v) is 5.08. The number of aryl methyl sites for hydroxylation is 1. The number of halogens is 3. The van der Waals surface area contributed by atoms with E-state index in [4.69, 9.17) is 0 Å². The van der Waals surface area contributed by atoms with E-state index in [1.54, 1.807) is 31.2 Å². The molecule has 0 heterocycles. The Bertz CT molecular complexity index is 955. The van der Waals surface area contributed by atoms with Crippen molar-refractivity contribution in [3.05, 3.63) is 114 Å². The van der Waals surface area contributed by atoms with Gasteiger partial charge in [-0.05, 0) is 68.2 Å². The first kappa shape index (κ1) is 23.5. The molecule has 1 aromatic carbocycles. The van der Waals surface area contributed by atoms with Gasteiger partial charge in [0.2, 0.25) is 0 Å². The van der Waals surface area contributed by atoms with Gasteiger partial charge in [-0.2, -0.15) is 0 Å². The Morgan fingerprint density at radius 3 is 2.40 bits per heavy atom. The first-order valence-corrected chi connectivity index (χ1v) is 10.1. The largest absolute Gasteiger partial charge is 0.206 e. The smallest absolute Gasteiger partial charge is 0.166 e. The predicted molar refractivity (Wildman–Crippen MR) is 122 cm³/mol. The number of hydrogen-bond acceptors (Lipinski definition) is 0. The van der Waals surface area contributed by atoms with E-state index in [1.807, 2.05) is 6.08 Å². The molecule has 0 atom stereocenters. The molecular weight excluding hydrogens is 381 g/mol. The minimum absolute atomic E-state index is 0.169. The van der Waals surface area contributed by atoms with Gasteiger partial charge >= 0.3 is 0 Å². The van der Waals surface area contributed by atoms with Crippen LogP contribution in [0.1, 0.15) is 50.2 Å². The topological polar surface area (TPSA) is 0 Å². The van der Waals surface area contributed by atoms with Crippen LogP contribution in [0.3, 0.4) is 0 Å². The summed E-state index contributed by atoms with van der Waals surface area (Å²) in [5.41, 5.74) is 3.44. The maximum atomic E-state index is 14.6. The summed E-state index contributed by atoms with van der Waals surface area (Å²) >= 11 is 0. The Morgan fingerprint density at radius 2 is 1.77 bits per heavy atom. The highest BCUT2D eigenvalue weighted by Gasteiger charge is 2.17. The molecule has 0 nitrogen and oxygen atoms in total. The molecule has 0 spiro atoms. The normalized spacial score (nSPS) is 14.5. The Morgan fingerprint density at radius 1 is 1.03 bits per heavy atom. The Balaban J connectivity index is 1.99. The summed E-state index contributed by atoms with van der Waals surface area (Å²) in [5, 5.41) is 0. The van der Waals surface area contributed by atoms with Gasteiger partial charge in [0, 0.05) is 11.1 Å². The zero-order valence-corrected chi connectivity index (χ0v) is 17.7. The number of rotatable bonds is 9. The van der Waals surface area contributed by atoms with Crippen LogP contribution in [0.4, 0.5) is 13.2 Å². The zero-order valence-electron chi connectivity index (χ0n) is 17.7. The lowest BCUT2D eigenvalue weighted by atomic mass is 9.92. The fraction of sp³-hybridized carbons (Fsp3) is 0.259. The summed E-state index contributed by atoms with van der Waals surface area (Å²) in [7, 11) is 0. The fourth-order valence-electron chi connectivity index (χ4n) is 3.27. The molecule has 0 saturated carbocycles. The summed E-state index contributed by atoms with van der Waals surface area (Å²) in [6.45, 7) is 16.7. The van der Waals surface area contributed by atoms with Gasteiger partial charge in [-0.15, -0.1) is 0 Å². The summed E-state index contributed by atoms with van der Waals surface area (Å²) in [5.74, 6) is -2.06. The minimum Gasteiger partial charge on any atom is -0.206 e. The highest BCUT2D eigenvalue weighted by Crippen LogP contribution is 2.31. The van der Waals surface area contributed by atoms with Gasteiger partial charge in [0.1, 0.15) is 5.83 Å². The van der Waals surface area contributed by atoms with E-state index in [0.29, 0.717) is 40.7 Å². The summed E-state index contributed by atoms with van der Waals surface area (Å²) in [6.07, 6.45) is 11.2. The van der Waals surface area contributed by atoms with Crippen molar-refractivity contribution in [1.82, 2.24) is 0 Å². The average molecular weight is 411 g/mol. The first-order chi connectivity index (χ1) is 14.2. The van der Waals surface area contributed by atoms with Crippen LogP contribution < -0.4 is 0 Å². The average Bonchev–Trinajstić information content (AvgIpc) is 2.72. The molecule has 1 aliphatic rings. The lowest BCUT2D eigenvalue weighted by Gasteiger charge is -2.15. The van der Waals surface area contributed by atoms with E-state index in [2.05, 4.69) is 26.3 Å². The van der Waals surface area contributed by atoms with Gasteiger partial charge in [0.25, 0.3) is 0 Å². The van der Waals surface area contributed by atoms with Gasteiger partial charge in [0.05, 0.1) is 0 Å². The Labute approximate surface area is 178 Å². The maximum Gasteiger partial charge on any atom is 0.166 e. The molecule has 0 saturated heterocycles. The molecule has 0 amide bonds. The molecule has 1 aliphatic carbocycles. The van der Waals surface area contributed by atoms with Crippen molar-refractivity contribution in [1.29, 1.82) is 0 Å². The molecule has 2 rings (SSSR count). The molecule has 30 heavy (non-hydrogen) atoms. The monoisotopic (exact) mass is 410 g/mol. The zero-order chi connectivity index (χ0) is 22.3. The Kier molecular flexibility index (Phi) is 8.46. The van der Waals surface area contributed by atoms with Crippen molar-refractivity contribution in [2.24, 2.45) is 0 Å². The summed E-state index contributed by atoms with van der Waals surface area (Å²) < 4.78 is 43.1. The van der Waals surface area contributed by atoms with Crippen molar-refractivity contribution >= 4 is 5.57 Å². The molecule has 0 N–H and O–H groups in total. The minimum atomic E-state index is -0.791. The fourth-order valence-corrected chi connectivity index (χ4v) is 3.27. The molecule has 1 aromatic rings. The predicted octanol–water partition coefficient (Wildman–Crippen LogP) is 8.51. The van der Waals surface area contributed by atoms with Crippen molar-refractivity contribution in [3.63, 3.8) is 0 Å². The van der Waals surface area contributed by atoms with Crippen molar-refractivity contribution < 1.29 is 13.2 Å². The maximum absolute atomic E-state index is 14.6. The van der Waals surface area contributed by atoms with Crippen molar-refractivity contribution in [2.45, 2.75) is 45.4 Å². The molecule has 0 aliphatic heterocycles. The number of allylic oxidation sites excluding steroid dienone is 10. The lowest BCUT2D eigenvalue weighted by Crippen LogP contribution is -2.02. The van der Waals surface area contributed by atoms with E-state index in [-0.39, 0.29) is 5.57 Å². The van der Waals surface area contributed by atoms with E-state index >= 15 is 0 Å². The third kappa shape index (κ3) is 6.35. The number of benzene rings is 1. The molecule has 0 bridgehead atoms. The van der Waals surface area contributed by atoms with Crippen molar-refractivity contribution in [2.75, 3.05) is 0 Å². The molecule has 158 valence electrons. The SMILES string of the molecule is C=C(C)/C=C(/F)C(=C)C(=C)/C=C\C(=C)CCc1ccc(C2=CCCCC2)c(F)c1F.